The van der Waals surface area contributed by atoms with Crippen LogP contribution in [0.5, 0.6) is 0 Å². The summed E-state index contributed by atoms with van der Waals surface area (Å²) in [5.74, 6) is -1.21. The fourth-order valence-electron chi connectivity index (χ4n) is 3.18. The Labute approximate surface area is 164 Å². The van der Waals surface area contributed by atoms with Crippen molar-refractivity contribution in [2.45, 2.75) is 24.8 Å². The first kappa shape index (κ1) is 19.0. The number of carbonyl (C=O) groups is 2. The number of nitro benzene ring substituents is 1. The van der Waals surface area contributed by atoms with Gasteiger partial charge in [-0.2, -0.15) is 0 Å². The van der Waals surface area contributed by atoms with Gasteiger partial charge in [0.15, 0.2) is 0 Å². The molecular weight excluding hydrogens is 416 g/mol. The molecule has 140 valence electrons. The Morgan fingerprint density at radius 3 is 2.44 bits per heavy atom. The van der Waals surface area contributed by atoms with Gasteiger partial charge in [-0.05, 0) is 43.0 Å². The van der Waals surface area contributed by atoms with E-state index in [9.17, 15) is 19.7 Å². The van der Waals surface area contributed by atoms with E-state index < -0.39 is 22.3 Å². The lowest BCUT2D eigenvalue weighted by Crippen LogP contribution is -2.50. The highest BCUT2D eigenvalue weighted by molar-refractivity contribution is 9.10. The molecule has 0 atom stereocenters. The van der Waals surface area contributed by atoms with Gasteiger partial charge in [0, 0.05) is 22.2 Å². The number of esters is 1. The van der Waals surface area contributed by atoms with Crippen LogP contribution in [-0.4, -0.2) is 23.9 Å². The summed E-state index contributed by atoms with van der Waals surface area (Å²) in [5, 5.41) is 14.2. The predicted octanol–water partition coefficient (Wildman–Crippen LogP) is 3.95. The third kappa shape index (κ3) is 3.85. The summed E-state index contributed by atoms with van der Waals surface area (Å²) in [5.41, 5.74) is 0.118. The molecule has 0 radical (unpaired) electrons. The molecule has 0 heterocycles. The second kappa shape index (κ2) is 7.48. The molecule has 1 aliphatic carbocycles. The van der Waals surface area contributed by atoms with Crippen LogP contribution in [0.15, 0.2) is 46.9 Å². The highest BCUT2D eigenvalue weighted by atomic mass is 79.9. The largest absolute Gasteiger partial charge is 0.465 e. The number of rotatable bonds is 5. The molecule has 2 aromatic rings. The summed E-state index contributed by atoms with van der Waals surface area (Å²) in [6.07, 6.45) is 2.51. The highest BCUT2D eigenvalue weighted by Crippen LogP contribution is 2.42. The number of halogens is 1. The molecule has 2 aromatic carbocycles. The zero-order valence-corrected chi connectivity index (χ0v) is 16.1. The average molecular weight is 433 g/mol. The maximum atomic E-state index is 12.9. The van der Waals surface area contributed by atoms with Crippen LogP contribution >= 0.6 is 15.9 Å². The molecule has 1 saturated carbocycles. The minimum atomic E-state index is -0.738. The highest BCUT2D eigenvalue weighted by Gasteiger charge is 2.40. The lowest BCUT2D eigenvalue weighted by Gasteiger charge is -2.43. The first-order chi connectivity index (χ1) is 12.8. The van der Waals surface area contributed by atoms with E-state index in [0.29, 0.717) is 0 Å². The smallest absolute Gasteiger partial charge is 0.338 e. The van der Waals surface area contributed by atoms with E-state index in [1.54, 1.807) is 0 Å². The minimum absolute atomic E-state index is 0.0398. The molecule has 0 unspecified atom stereocenters. The quantitative estimate of drug-likeness (QED) is 0.437. The number of nitrogens with zero attached hydrogens (tertiary/aromatic N) is 1. The average Bonchev–Trinajstić information content (AvgIpc) is 2.63. The standard InChI is InChI=1S/C19H17BrN2O5/c1-27-18(24)13-8-12(9-16(10-13)22(25)26)17(23)21-19(6-3-7-19)14-4-2-5-15(20)11-14/h2,4-5,8-11H,3,6-7H2,1H3,(H,21,23). The van der Waals surface area contributed by atoms with Crippen LogP contribution in [0.1, 0.15) is 45.5 Å². The maximum Gasteiger partial charge on any atom is 0.338 e. The van der Waals surface area contributed by atoms with Crippen LogP contribution < -0.4 is 5.32 Å². The molecule has 1 fully saturated rings. The number of nitro groups is 1. The van der Waals surface area contributed by atoms with Gasteiger partial charge in [0.25, 0.3) is 11.6 Å². The van der Waals surface area contributed by atoms with Crippen LogP contribution in [0.4, 0.5) is 5.69 Å². The summed E-state index contributed by atoms with van der Waals surface area (Å²) in [7, 11) is 1.18. The van der Waals surface area contributed by atoms with Crippen molar-refractivity contribution in [1.29, 1.82) is 0 Å². The van der Waals surface area contributed by atoms with Crippen molar-refractivity contribution in [2.75, 3.05) is 7.11 Å². The summed E-state index contributed by atoms with van der Waals surface area (Å²) in [6.45, 7) is 0. The van der Waals surface area contributed by atoms with E-state index in [1.807, 2.05) is 24.3 Å². The Morgan fingerprint density at radius 2 is 1.89 bits per heavy atom. The third-order valence-corrected chi connectivity index (χ3v) is 5.24. The lowest BCUT2D eigenvalue weighted by atomic mass is 9.71. The predicted molar refractivity (Wildman–Crippen MR) is 102 cm³/mol. The van der Waals surface area contributed by atoms with Crippen molar-refractivity contribution >= 4 is 33.5 Å². The summed E-state index contributed by atoms with van der Waals surface area (Å²) < 4.78 is 5.53. The van der Waals surface area contributed by atoms with E-state index in [1.165, 1.54) is 13.2 Å². The van der Waals surface area contributed by atoms with E-state index in [2.05, 4.69) is 26.0 Å². The van der Waals surface area contributed by atoms with Gasteiger partial charge in [-0.25, -0.2) is 4.79 Å². The van der Waals surface area contributed by atoms with Crippen molar-refractivity contribution in [1.82, 2.24) is 5.32 Å². The van der Waals surface area contributed by atoms with Gasteiger partial charge in [0.1, 0.15) is 0 Å². The van der Waals surface area contributed by atoms with Crippen LogP contribution in [-0.2, 0) is 10.3 Å². The molecule has 7 nitrogen and oxygen atoms in total. The molecule has 8 heteroatoms. The van der Waals surface area contributed by atoms with Crippen molar-refractivity contribution in [2.24, 2.45) is 0 Å². The van der Waals surface area contributed by atoms with E-state index in [0.717, 1.165) is 41.4 Å². The zero-order valence-electron chi connectivity index (χ0n) is 14.5. The van der Waals surface area contributed by atoms with Gasteiger partial charge in [-0.3, -0.25) is 14.9 Å². The van der Waals surface area contributed by atoms with Crippen molar-refractivity contribution < 1.29 is 19.2 Å². The molecule has 3 rings (SSSR count). The van der Waals surface area contributed by atoms with E-state index in [4.69, 9.17) is 0 Å². The SMILES string of the molecule is COC(=O)c1cc(C(=O)NC2(c3cccc(Br)c3)CCC2)cc([N+](=O)[O-])c1. The first-order valence-electron chi connectivity index (χ1n) is 8.31. The fourth-order valence-corrected chi connectivity index (χ4v) is 3.57. The molecular formula is C19H17BrN2O5. The van der Waals surface area contributed by atoms with Crippen molar-refractivity contribution in [3.8, 4) is 0 Å². The number of methoxy groups -OCH3 is 1. The zero-order chi connectivity index (χ0) is 19.6. The van der Waals surface area contributed by atoms with E-state index in [-0.39, 0.29) is 16.8 Å². The maximum absolute atomic E-state index is 12.9. The summed E-state index contributed by atoms with van der Waals surface area (Å²) in [4.78, 5) is 35.2. The molecule has 1 aliphatic rings. The lowest BCUT2D eigenvalue weighted by molar-refractivity contribution is -0.384. The van der Waals surface area contributed by atoms with Crippen molar-refractivity contribution in [3.63, 3.8) is 0 Å². The minimum Gasteiger partial charge on any atom is -0.465 e. The Morgan fingerprint density at radius 1 is 1.19 bits per heavy atom. The topological polar surface area (TPSA) is 98.5 Å². The summed E-state index contributed by atoms with van der Waals surface area (Å²) in [6, 6.07) is 11.3. The Balaban J connectivity index is 1.94. The molecule has 0 bridgehead atoms. The van der Waals surface area contributed by atoms with Crippen LogP contribution in [0.2, 0.25) is 0 Å². The van der Waals surface area contributed by atoms with Gasteiger partial charge >= 0.3 is 5.97 Å². The number of hydrogen-bond donors (Lipinski definition) is 1. The molecule has 0 aromatic heterocycles. The Bertz CT molecular complexity index is 924. The molecule has 0 saturated heterocycles. The molecule has 0 aliphatic heterocycles. The van der Waals surface area contributed by atoms with Gasteiger partial charge < -0.3 is 10.1 Å². The number of carbonyl (C=O) groups excluding carboxylic acids is 2. The molecule has 1 N–H and O–H groups in total. The fraction of sp³-hybridized carbons (Fsp3) is 0.263. The molecule has 1 amide bonds. The van der Waals surface area contributed by atoms with E-state index >= 15 is 0 Å². The summed E-state index contributed by atoms with van der Waals surface area (Å²) >= 11 is 3.44. The van der Waals surface area contributed by atoms with Gasteiger partial charge in [-0.1, -0.05) is 28.1 Å². The number of nitrogens with one attached hydrogen (secondary N) is 1. The number of non-ortho nitro benzene ring substituents is 1. The second-order valence-corrected chi connectivity index (χ2v) is 7.33. The van der Waals surface area contributed by atoms with Gasteiger partial charge in [-0.15, -0.1) is 0 Å². The number of ether oxygens (including phenoxy) is 1. The number of benzene rings is 2. The molecule has 27 heavy (non-hydrogen) atoms. The Kier molecular flexibility index (Phi) is 5.27. The van der Waals surface area contributed by atoms with Gasteiger partial charge in [0.05, 0.1) is 23.1 Å². The monoisotopic (exact) mass is 432 g/mol. The number of hydrogen-bond acceptors (Lipinski definition) is 5. The van der Waals surface area contributed by atoms with Crippen LogP contribution in [0.3, 0.4) is 0 Å². The third-order valence-electron chi connectivity index (χ3n) is 4.75. The van der Waals surface area contributed by atoms with Crippen LogP contribution in [0, 0.1) is 10.1 Å². The molecule has 0 spiro atoms. The van der Waals surface area contributed by atoms with Crippen molar-refractivity contribution in [3.05, 3.63) is 73.7 Å². The second-order valence-electron chi connectivity index (χ2n) is 6.42. The normalized spacial score (nSPS) is 14.7. The number of amides is 1. The first-order valence-corrected chi connectivity index (χ1v) is 9.10. The van der Waals surface area contributed by atoms with Gasteiger partial charge in [0.2, 0.25) is 0 Å². The Hall–Kier alpha value is -2.74. The van der Waals surface area contributed by atoms with Crippen LogP contribution in [0.25, 0.3) is 0 Å².